The van der Waals surface area contributed by atoms with Gasteiger partial charge in [0.05, 0.1) is 0 Å². The summed E-state index contributed by atoms with van der Waals surface area (Å²) in [6.07, 6.45) is 5.65. The third-order valence-corrected chi connectivity index (χ3v) is 2.77. The van der Waals surface area contributed by atoms with E-state index < -0.39 is 0 Å². The Balaban J connectivity index is 3.27. The van der Waals surface area contributed by atoms with Gasteiger partial charge in [0.25, 0.3) is 0 Å². The van der Waals surface area contributed by atoms with E-state index in [1.54, 1.807) is 0 Å². The SMILES string of the molecule is CCC(N)CC(=O)NCCCCSC. The smallest absolute Gasteiger partial charge is 0.221 e. The van der Waals surface area contributed by atoms with Crippen LogP contribution in [-0.2, 0) is 4.79 Å². The molecule has 0 bridgehead atoms. The molecule has 0 aliphatic rings. The van der Waals surface area contributed by atoms with Crippen LogP contribution in [0, 0.1) is 0 Å². The molecule has 0 aromatic heterocycles. The Bertz CT molecular complexity index is 153. The van der Waals surface area contributed by atoms with E-state index in [2.05, 4.69) is 11.6 Å². The van der Waals surface area contributed by atoms with E-state index in [-0.39, 0.29) is 11.9 Å². The lowest BCUT2D eigenvalue weighted by atomic mass is 10.1. The molecule has 0 fully saturated rings. The first kappa shape index (κ1) is 13.8. The fraction of sp³-hybridized carbons (Fsp3) is 0.900. The Morgan fingerprint density at radius 3 is 2.79 bits per heavy atom. The standard InChI is InChI=1S/C10H22N2OS/c1-3-9(11)8-10(13)12-6-4-5-7-14-2/h9H,3-8,11H2,1-2H3,(H,12,13). The highest BCUT2D eigenvalue weighted by Crippen LogP contribution is 1.98. The van der Waals surface area contributed by atoms with E-state index in [9.17, 15) is 4.79 Å². The Morgan fingerprint density at radius 1 is 1.50 bits per heavy atom. The monoisotopic (exact) mass is 218 g/mol. The zero-order chi connectivity index (χ0) is 10.8. The van der Waals surface area contributed by atoms with Gasteiger partial charge in [0.2, 0.25) is 5.91 Å². The minimum Gasteiger partial charge on any atom is -0.356 e. The maximum Gasteiger partial charge on any atom is 0.221 e. The second-order valence-electron chi connectivity index (χ2n) is 3.42. The summed E-state index contributed by atoms with van der Waals surface area (Å²) in [6, 6.07) is 0.0150. The van der Waals surface area contributed by atoms with Gasteiger partial charge < -0.3 is 11.1 Å². The van der Waals surface area contributed by atoms with Crippen molar-refractivity contribution in [2.45, 2.75) is 38.6 Å². The van der Waals surface area contributed by atoms with Crippen LogP contribution in [-0.4, -0.2) is 30.5 Å². The zero-order valence-electron chi connectivity index (χ0n) is 9.21. The predicted molar refractivity (Wildman–Crippen MR) is 63.5 cm³/mol. The molecule has 0 radical (unpaired) electrons. The van der Waals surface area contributed by atoms with Crippen LogP contribution in [0.3, 0.4) is 0 Å². The first-order chi connectivity index (χ1) is 6.70. The summed E-state index contributed by atoms with van der Waals surface area (Å²) in [5.74, 6) is 1.26. The molecule has 3 N–H and O–H groups in total. The normalized spacial score (nSPS) is 12.5. The number of nitrogens with one attached hydrogen (secondary N) is 1. The van der Waals surface area contributed by atoms with Crippen molar-refractivity contribution in [3.8, 4) is 0 Å². The molecular weight excluding hydrogens is 196 g/mol. The molecule has 84 valence electrons. The van der Waals surface area contributed by atoms with E-state index in [0.29, 0.717) is 6.42 Å². The van der Waals surface area contributed by atoms with Gasteiger partial charge in [-0.3, -0.25) is 4.79 Å². The lowest BCUT2D eigenvalue weighted by Gasteiger charge is -2.08. The number of hydrogen-bond donors (Lipinski definition) is 2. The fourth-order valence-electron chi connectivity index (χ4n) is 1.05. The van der Waals surface area contributed by atoms with Gasteiger partial charge in [0, 0.05) is 19.0 Å². The Labute approximate surface area is 91.2 Å². The second kappa shape index (κ2) is 9.34. The molecule has 4 heteroatoms. The molecule has 0 spiro atoms. The van der Waals surface area contributed by atoms with Crippen molar-refractivity contribution in [1.29, 1.82) is 0 Å². The summed E-state index contributed by atoms with van der Waals surface area (Å²) in [5.41, 5.74) is 5.66. The molecule has 3 nitrogen and oxygen atoms in total. The molecule has 14 heavy (non-hydrogen) atoms. The molecule has 0 aliphatic heterocycles. The number of nitrogens with two attached hydrogens (primary N) is 1. The van der Waals surface area contributed by atoms with Crippen LogP contribution in [0.25, 0.3) is 0 Å². The van der Waals surface area contributed by atoms with E-state index in [1.165, 1.54) is 12.2 Å². The third-order valence-electron chi connectivity index (χ3n) is 2.07. The van der Waals surface area contributed by atoms with Crippen molar-refractivity contribution in [2.24, 2.45) is 5.73 Å². The van der Waals surface area contributed by atoms with Gasteiger partial charge in [-0.05, 0) is 31.3 Å². The topological polar surface area (TPSA) is 55.1 Å². The van der Waals surface area contributed by atoms with Crippen molar-refractivity contribution in [3.05, 3.63) is 0 Å². The Hall–Kier alpha value is -0.220. The van der Waals surface area contributed by atoms with Gasteiger partial charge in [0.1, 0.15) is 0 Å². The van der Waals surface area contributed by atoms with Gasteiger partial charge in [-0.25, -0.2) is 0 Å². The average Bonchev–Trinajstić information content (AvgIpc) is 2.17. The highest BCUT2D eigenvalue weighted by Gasteiger charge is 2.05. The van der Waals surface area contributed by atoms with Crippen molar-refractivity contribution in [3.63, 3.8) is 0 Å². The fourth-order valence-corrected chi connectivity index (χ4v) is 1.55. The molecule has 0 aromatic rings. The van der Waals surface area contributed by atoms with Gasteiger partial charge in [-0.1, -0.05) is 6.92 Å². The van der Waals surface area contributed by atoms with Crippen LogP contribution in [0.4, 0.5) is 0 Å². The van der Waals surface area contributed by atoms with Crippen molar-refractivity contribution in [1.82, 2.24) is 5.32 Å². The Morgan fingerprint density at radius 2 is 2.21 bits per heavy atom. The lowest BCUT2D eigenvalue weighted by Crippen LogP contribution is -2.31. The van der Waals surface area contributed by atoms with Crippen molar-refractivity contribution < 1.29 is 4.79 Å². The summed E-state index contributed by atoms with van der Waals surface area (Å²) in [7, 11) is 0. The van der Waals surface area contributed by atoms with Crippen LogP contribution in [0.1, 0.15) is 32.6 Å². The number of amides is 1. The van der Waals surface area contributed by atoms with E-state index in [4.69, 9.17) is 5.73 Å². The number of carbonyl (C=O) groups excluding carboxylic acids is 1. The summed E-state index contributed by atoms with van der Waals surface area (Å²) in [4.78, 5) is 11.2. The number of unbranched alkanes of at least 4 members (excludes halogenated alkanes) is 1. The summed E-state index contributed by atoms with van der Waals surface area (Å²) < 4.78 is 0. The molecule has 1 atom stereocenters. The van der Waals surface area contributed by atoms with Gasteiger partial charge in [0.15, 0.2) is 0 Å². The highest BCUT2D eigenvalue weighted by molar-refractivity contribution is 7.98. The average molecular weight is 218 g/mol. The molecule has 0 aromatic carbocycles. The van der Waals surface area contributed by atoms with E-state index in [1.807, 2.05) is 18.7 Å². The minimum absolute atomic E-state index is 0.0150. The molecule has 1 unspecified atom stereocenters. The van der Waals surface area contributed by atoms with Gasteiger partial charge >= 0.3 is 0 Å². The Kier molecular flexibility index (Phi) is 9.19. The minimum atomic E-state index is 0.0150. The summed E-state index contributed by atoms with van der Waals surface area (Å²) in [6.45, 7) is 2.78. The first-order valence-corrected chi connectivity index (χ1v) is 6.61. The second-order valence-corrected chi connectivity index (χ2v) is 4.41. The first-order valence-electron chi connectivity index (χ1n) is 5.22. The maximum absolute atomic E-state index is 11.2. The largest absolute Gasteiger partial charge is 0.356 e. The maximum atomic E-state index is 11.2. The van der Waals surface area contributed by atoms with E-state index >= 15 is 0 Å². The van der Waals surface area contributed by atoms with Gasteiger partial charge in [-0.2, -0.15) is 11.8 Å². The number of carbonyl (C=O) groups is 1. The van der Waals surface area contributed by atoms with Crippen LogP contribution in [0.2, 0.25) is 0 Å². The zero-order valence-corrected chi connectivity index (χ0v) is 10.0. The molecule has 0 saturated carbocycles. The number of rotatable bonds is 8. The van der Waals surface area contributed by atoms with Crippen molar-refractivity contribution >= 4 is 17.7 Å². The quantitative estimate of drug-likeness (QED) is 0.605. The molecule has 0 saturated heterocycles. The predicted octanol–water partition coefficient (Wildman–Crippen LogP) is 1.37. The van der Waals surface area contributed by atoms with E-state index in [0.717, 1.165) is 19.4 Å². The summed E-state index contributed by atoms with van der Waals surface area (Å²) >= 11 is 1.84. The molecular formula is C10H22N2OS. The molecule has 0 heterocycles. The van der Waals surface area contributed by atoms with Crippen LogP contribution in [0.15, 0.2) is 0 Å². The lowest BCUT2D eigenvalue weighted by molar-refractivity contribution is -0.121. The molecule has 0 rings (SSSR count). The number of hydrogen-bond acceptors (Lipinski definition) is 3. The highest BCUT2D eigenvalue weighted by atomic mass is 32.2. The van der Waals surface area contributed by atoms with Gasteiger partial charge in [-0.15, -0.1) is 0 Å². The third kappa shape index (κ3) is 8.38. The van der Waals surface area contributed by atoms with Crippen LogP contribution < -0.4 is 11.1 Å². The molecule has 1 amide bonds. The summed E-state index contributed by atoms with van der Waals surface area (Å²) in [5, 5.41) is 2.88. The van der Waals surface area contributed by atoms with Crippen LogP contribution in [0.5, 0.6) is 0 Å². The van der Waals surface area contributed by atoms with Crippen molar-refractivity contribution in [2.75, 3.05) is 18.6 Å². The van der Waals surface area contributed by atoms with Crippen LogP contribution >= 0.6 is 11.8 Å². The number of thioether (sulfide) groups is 1. The molecule has 0 aliphatic carbocycles.